The van der Waals surface area contributed by atoms with E-state index in [2.05, 4.69) is 5.32 Å². The fraction of sp³-hybridized carbons (Fsp3) is 0.857. The van der Waals surface area contributed by atoms with Crippen LogP contribution in [0.3, 0.4) is 0 Å². The van der Waals surface area contributed by atoms with Gasteiger partial charge < -0.3 is 20.1 Å². The smallest absolute Gasteiger partial charge is 0.225 e. The third-order valence-electron chi connectivity index (χ3n) is 4.40. The van der Waals surface area contributed by atoms with Crippen LogP contribution in [0, 0.1) is 5.92 Å². The minimum atomic E-state index is -0.458. The van der Waals surface area contributed by atoms with Crippen LogP contribution in [0.5, 0.6) is 0 Å². The van der Waals surface area contributed by atoms with Crippen LogP contribution in [-0.2, 0) is 14.3 Å². The number of methoxy groups -OCH3 is 1. The first-order valence-corrected chi connectivity index (χ1v) is 7.30. The SMILES string of the molecule is COCCN1CC(C(=O)NC2(CO)CCCC2)CC1=O. The molecule has 0 radical (unpaired) electrons. The summed E-state index contributed by atoms with van der Waals surface area (Å²) < 4.78 is 4.96. The maximum atomic E-state index is 12.3. The highest BCUT2D eigenvalue weighted by molar-refractivity contribution is 5.89. The number of aliphatic hydroxyl groups is 1. The van der Waals surface area contributed by atoms with Crippen LogP contribution in [0.25, 0.3) is 0 Å². The van der Waals surface area contributed by atoms with Crippen molar-refractivity contribution in [1.29, 1.82) is 0 Å². The Bertz CT molecular complexity index is 366. The first-order chi connectivity index (χ1) is 9.60. The number of nitrogens with one attached hydrogen (secondary N) is 1. The van der Waals surface area contributed by atoms with E-state index in [0.717, 1.165) is 25.7 Å². The fourth-order valence-electron chi connectivity index (χ4n) is 3.10. The van der Waals surface area contributed by atoms with Gasteiger partial charge in [0.1, 0.15) is 0 Å². The molecule has 20 heavy (non-hydrogen) atoms. The van der Waals surface area contributed by atoms with Crippen LogP contribution in [0.4, 0.5) is 0 Å². The standard InChI is InChI=1S/C14H24N2O4/c1-20-7-6-16-9-11(8-12(16)18)13(19)15-14(10-17)4-2-3-5-14/h11,17H,2-10H2,1H3,(H,15,19). The predicted molar refractivity (Wildman–Crippen MR) is 73.0 cm³/mol. The third-order valence-corrected chi connectivity index (χ3v) is 4.40. The lowest BCUT2D eigenvalue weighted by atomic mass is 9.97. The van der Waals surface area contributed by atoms with Crippen molar-refractivity contribution < 1.29 is 19.4 Å². The fourth-order valence-corrected chi connectivity index (χ4v) is 3.10. The van der Waals surface area contributed by atoms with E-state index in [9.17, 15) is 14.7 Å². The van der Waals surface area contributed by atoms with E-state index in [1.165, 1.54) is 0 Å². The van der Waals surface area contributed by atoms with Crippen LogP contribution >= 0.6 is 0 Å². The van der Waals surface area contributed by atoms with E-state index < -0.39 is 5.54 Å². The molecular formula is C14H24N2O4. The van der Waals surface area contributed by atoms with Gasteiger partial charge in [0.2, 0.25) is 11.8 Å². The van der Waals surface area contributed by atoms with Gasteiger partial charge in [-0.2, -0.15) is 0 Å². The Hall–Kier alpha value is -1.14. The molecule has 2 fully saturated rings. The summed E-state index contributed by atoms with van der Waals surface area (Å²) >= 11 is 0. The number of carbonyl (C=O) groups is 2. The number of hydrogen-bond donors (Lipinski definition) is 2. The largest absolute Gasteiger partial charge is 0.394 e. The number of ether oxygens (including phenoxy) is 1. The molecule has 1 unspecified atom stereocenters. The highest BCUT2D eigenvalue weighted by Crippen LogP contribution is 2.30. The van der Waals surface area contributed by atoms with Gasteiger partial charge in [0.05, 0.1) is 24.7 Å². The molecule has 1 saturated heterocycles. The van der Waals surface area contributed by atoms with Crippen molar-refractivity contribution in [2.45, 2.75) is 37.6 Å². The molecule has 2 rings (SSSR count). The minimum Gasteiger partial charge on any atom is -0.394 e. The molecule has 2 amide bonds. The minimum absolute atomic E-state index is 0.00618. The summed E-state index contributed by atoms with van der Waals surface area (Å²) in [7, 11) is 1.59. The van der Waals surface area contributed by atoms with Crippen LogP contribution in [-0.4, -0.2) is 60.8 Å². The van der Waals surface area contributed by atoms with E-state index >= 15 is 0 Å². The van der Waals surface area contributed by atoms with Crippen molar-refractivity contribution in [3.63, 3.8) is 0 Å². The quantitative estimate of drug-likeness (QED) is 0.714. The van der Waals surface area contributed by atoms with Crippen molar-refractivity contribution in [2.24, 2.45) is 5.92 Å². The predicted octanol–water partition coefficient (Wildman–Crippen LogP) is -0.0974. The zero-order valence-electron chi connectivity index (χ0n) is 12.1. The molecule has 6 heteroatoms. The molecule has 0 aromatic heterocycles. The number of nitrogens with zero attached hydrogens (tertiary/aromatic N) is 1. The summed E-state index contributed by atoms with van der Waals surface area (Å²) in [5.41, 5.74) is -0.458. The highest BCUT2D eigenvalue weighted by atomic mass is 16.5. The summed E-state index contributed by atoms with van der Waals surface area (Å²) in [5.74, 6) is -0.399. The number of amides is 2. The lowest BCUT2D eigenvalue weighted by Crippen LogP contribution is -2.51. The first kappa shape index (κ1) is 15.3. The molecule has 1 atom stereocenters. The summed E-state index contributed by atoms with van der Waals surface area (Å²) in [4.78, 5) is 25.8. The van der Waals surface area contributed by atoms with Crippen LogP contribution < -0.4 is 5.32 Å². The second-order valence-corrected chi connectivity index (χ2v) is 5.87. The van der Waals surface area contributed by atoms with Crippen molar-refractivity contribution in [1.82, 2.24) is 10.2 Å². The van der Waals surface area contributed by atoms with Gasteiger partial charge in [0, 0.05) is 26.6 Å². The van der Waals surface area contributed by atoms with Gasteiger partial charge in [0.25, 0.3) is 0 Å². The van der Waals surface area contributed by atoms with Gasteiger partial charge in [0.15, 0.2) is 0 Å². The number of rotatable bonds is 6. The van der Waals surface area contributed by atoms with Crippen LogP contribution in [0.15, 0.2) is 0 Å². The second kappa shape index (κ2) is 6.54. The molecular weight excluding hydrogens is 260 g/mol. The molecule has 1 aliphatic carbocycles. The molecule has 2 aliphatic rings. The Balaban J connectivity index is 1.88. The van der Waals surface area contributed by atoms with Crippen molar-refractivity contribution in [3.8, 4) is 0 Å². The lowest BCUT2D eigenvalue weighted by Gasteiger charge is -2.29. The molecule has 0 aromatic rings. The monoisotopic (exact) mass is 284 g/mol. The van der Waals surface area contributed by atoms with Gasteiger partial charge in [-0.25, -0.2) is 0 Å². The van der Waals surface area contributed by atoms with Gasteiger partial charge in [-0.1, -0.05) is 12.8 Å². The zero-order chi connectivity index (χ0) is 14.6. The number of hydrogen-bond acceptors (Lipinski definition) is 4. The van der Waals surface area contributed by atoms with Crippen molar-refractivity contribution >= 4 is 11.8 Å². The zero-order valence-corrected chi connectivity index (χ0v) is 12.1. The molecule has 2 N–H and O–H groups in total. The first-order valence-electron chi connectivity index (χ1n) is 7.30. The number of likely N-dealkylation sites (tertiary alicyclic amines) is 1. The lowest BCUT2D eigenvalue weighted by molar-refractivity contribution is -0.130. The van der Waals surface area contributed by atoms with Gasteiger partial charge in [-0.15, -0.1) is 0 Å². The van der Waals surface area contributed by atoms with E-state index in [4.69, 9.17) is 4.74 Å². The van der Waals surface area contributed by atoms with E-state index in [-0.39, 0.29) is 30.8 Å². The summed E-state index contributed by atoms with van der Waals surface area (Å²) in [6.45, 7) is 1.45. The Morgan fingerprint density at radius 2 is 2.20 bits per heavy atom. The molecule has 1 heterocycles. The summed E-state index contributed by atoms with van der Waals surface area (Å²) in [6, 6.07) is 0. The maximum absolute atomic E-state index is 12.3. The van der Waals surface area contributed by atoms with Crippen LogP contribution in [0.1, 0.15) is 32.1 Å². The Kier molecular flexibility index (Phi) is 4.99. The van der Waals surface area contributed by atoms with Crippen LogP contribution in [0.2, 0.25) is 0 Å². The summed E-state index contributed by atoms with van der Waals surface area (Å²) in [5, 5.41) is 12.5. The Labute approximate surface area is 119 Å². The van der Waals surface area contributed by atoms with Gasteiger partial charge >= 0.3 is 0 Å². The highest BCUT2D eigenvalue weighted by Gasteiger charge is 2.39. The number of carbonyl (C=O) groups excluding carboxylic acids is 2. The average molecular weight is 284 g/mol. The molecule has 114 valence electrons. The van der Waals surface area contributed by atoms with Gasteiger partial charge in [-0.3, -0.25) is 9.59 Å². The Morgan fingerprint density at radius 3 is 2.80 bits per heavy atom. The summed E-state index contributed by atoms with van der Waals surface area (Å²) in [6.07, 6.45) is 3.97. The normalized spacial score (nSPS) is 25.2. The molecule has 0 spiro atoms. The van der Waals surface area contributed by atoms with E-state index in [1.54, 1.807) is 12.0 Å². The Morgan fingerprint density at radius 1 is 1.50 bits per heavy atom. The average Bonchev–Trinajstić information content (AvgIpc) is 3.04. The topological polar surface area (TPSA) is 78.9 Å². The molecule has 1 saturated carbocycles. The second-order valence-electron chi connectivity index (χ2n) is 5.87. The van der Waals surface area contributed by atoms with E-state index in [1.807, 2.05) is 0 Å². The molecule has 0 aromatic carbocycles. The number of aliphatic hydroxyl groups excluding tert-OH is 1. The van der Waals surface area contributed by atoms with E-state index in [0.29, 0.717) is 19.7 Å². The van der Waals surface area contributed by atoms with Crippen molar-refractivity contribution in [2.75, 3.05) is 33.4 Å². The molecule has 6 nitrogen and oxygen atoms in total. The maximum Gasteiger partial charge on any atom is 0.225 e. The van der Waals surface area contributed by atoms with Crippen molar-refractivity contribution in [3.05, 3.63) is 0 Å². The molecule has 0 bridgehead atoms. The third kappa shape index (κ3) is 3.30. The molecule has 1 aliphatic heterocycles. The van der Waals surface area contributed by atoms with Gasteiger partial charge in [-0.05, 0) is 12.8 Å².